The third-order valence-corrected chi connectivity index (χ3v) is 1.13. The molecule has 1 rings (SSSR count). The monoisotopic (exact) mass is 154 g/mol. The molecule has 0 atom stereocenters. The van der Waals surface area contributed by atoms with Crippen molar-refractivity contribution in [1.82, 2.24) is 0 Å². The summed E-state index contributed by atoms with van der Waals surface area (Å²) in [6, 6.07) is 2.44. The Kier molecular flexibility index (Phi) is 2.06. The molecule has 0 bridgehead atoms. The highest BCUT2D eigenvalue weighted by Gasteiger charge is 2.04. The number of carbonyl (C=O) groups is 1. The molecule has 0 aliphatic heterocycles. The van der Waals surface area contributed by atoms with Crippen LogP contribution in [0.25, 0.3) is 0 Å². The first-order chi connectivity index (χ1) is 5.24. The Labute approximate surface area is 62.4 Å². The summed E-state index contributed by atoms with van der Waals surface area (Å²) >= 11 is 0. The quantitative estimate of drug-likeness (QED) is 0.550. The van der Waals surface area contributed by atoms with Crippen molar-refractivity contribution in [3.8, 4) is 0 Å². The molecule has 0 spiro atoms. The molecule has 0 aliphatic carbocycles. The Balaban J connectivity index is 3.05. The van der Waals surface area contributed by atoms with Gasteiger partial charge in [-0.2, -0.15) is 0 Å². The SMILES string of the molecule is COC(=O)c1ccoc(=O)c1. The van der Waals surface area contributed by atoms with Gasteiger partial charge in [0.15, 0.2) is 0 Å². The number of carbonyl (C=O) groups excluding carboxylic acids is 1. The second kappa shape index (κ2) is 3.01. The lowest BCUT2D eigenvalue weighted by Crippen LogP contribution is -2.05. The number of esters is 1. The molecule has 0 radical (unpaired) electrons. The summed E-state index contributed by atoms with van der Waals surface area (Å²) in [6.07, 6.45) is 1.15. The van der Waals surface area contributed by atoms with E-state index in [1.807, 2.05) is 0 Å². The zero-order valence-electron chi connectivity index (χ0n) is 5.87. The third-order valence-electron chi connectivity index (χ3n) is 1.13. The standard InChI is InChI=1S/C7H6O4/c1-10-7(9)5-2-3-11-6(8)4-5/h2-4H,1H3. The molecule has 0 unspecified atom stereocenters. The molecule has 1 aromatic heterocycles. The molecule has 1 aromatic rings. The lowest BCUT2D eigenvalue weighted by atomic mass is 10.3. The van der Waals surface area contributed by atoms with Gasteiger partial charge in [-0.3, -0.25) is 0 Å². The van der Waals surface area contributed by atoms with E-state index in [1.54, 1.807) is 0 Å². The molecule has 0 saturated heterocycles. The first-order valence-corrected chi connectivity index (χ1v) is 2.91. The summed E-state index contributed by atoms with van der Waals surface area (Å²) in [5, 5.41) is 0. The molecular formula is C7H6O4. The first kappa shape index (κ1) is 7.53. The molecule has 0 aromatic carbocycles. The van der Waals surface area contributed by atoms with E-state index in [-0.39, 0.29) is 5.56 Å². The largest absolute Gasteiger partial charge is 0.465 e. The minimum Gasteiger partial charge on any atom is -0.465 e. The van der Waals surface area contributed by atoms with Crippen LogP contribution in [0.3, 0.4) is 0 Å². The molecule has 0 aliphatic rings. The molecule has 4 heteroatoms. The predicted octanol–water partition coefficient (Wildman–Crippen LogP) is 0.426. The van der Waals surface area contributed by atoms with Crippen molar-refractivity contribution >= 4 is 5.97 Å². The summed E-state index contributed by atoms with van der Waals surface area (Å²) in [4.78, 5) is 21.3. The minimum atomic E-state index is -0.562. The van der Waals surface area contributed by atoms with Crippen molar-refractivity contribution in [2.75, 3.05) is 7.11 Å². The Bertz CT molecular complexity index is 312. The van der Waals surface area contributed by atoms with E-state index in [0.717, 1.165) is 12.3 Å². The van der Waals surface area contributed by atoms with Gasteiger partial charge in [0.1, 0.15) is 0 Å². The second-order valence-electron chi connectivity index (χ2n) is 1.83. The van der Waals surface area contributed by atoms with Gasteiger partial charge in [-0.15, -0.1) is 0 Å². The molecule has 0 amide bonds. The lowest BCUT2D eigenvalue weighted by molar-refractivity contribution is 0.0599. The van der Waals surface area contributed by atoms with E-state index in [9.17, 15) is 9.59 Å². The number of methoxy groups -OCH3 is 1. The molecule has 0 fully saturated rings. The minimum absolute atomic E-state index is 0.198. The fourth-order valence-electron chi connectivity index (χ4n) is 0.628. The smallest absolute Gasteiger partial charge is 0.338 e. The van der Waals surface area contributed by atoms with E-state index >= 15 is 0 Å². The maximum atomic E-state index is 10.8. The fourth-order valence-corrected chi connectivity index (χ4v) is 0.628. The number of rotatable bonds is 1. The van der Waals surface area contributed by atoms with Crippen LogP contribution in [-0.4, -0.2) is 13.1 Å². The van der Waals surface area contributed by atoms with Crippen molar-refractivity contribution in [2.45, 2.75) is 0 Å². The van der Waals surface area contributed by atoms with Crippen LogP contribution in [0.2, 0.25) is 0 Å². The number of hydrogen-bond donors (Lipinski definition) is 0. The van der Waals surface area contributed by atoms with Crippen LogP contribution >= 0.6 is 0 Å². The van der Waals surface area contributed by atoms with Gasteiger partial charge in [-0.05, 0) is 6.07 Å². The van der Waals surface area contributed by atoms with Crippen LogP contribution in [0.15, 0.2) is 27.6 Å². The van der Waals surface area contributed by atoms with Gasteiger partial charge in [0.2, 0.25) is 0 Å². The zero-order chi connectivity index (χ0) is 8.27. The molecule has 58 valence electrons. The fraction of sp³-hybridized carbons (Fsp3) is 0.143. The van der Waals surface area contributed by atoms with Gasteiger partial charge >= 0.3 is 11.6 Å². The molecule has 0 N–H and O–H groups in total. The summed E-state index contributed by atoms with van der Waals surface area (Å²) in [5.41, 5.74) is -0.364. The van der Waals surface area contributed by atoms with E-state index < -0.39 is 11.6 Å². The van der Waals surface area contributed by atoms with Crippen molar-refractivity contribution in [3.05, 3.63) is 34.4 Å². The molecule has 1 heterocycles. The van der Waals surface area contributed by atoms with Crippen molar-refractivity contribution in [2.24, 2.45) is 0 Å². The van der Waals surface area contributed by atoms with Gasteiger partial charge in [-0.1, -0.05) is 0 Å². The molecule has 4 nitrogen and oxygen atoms in total. The highest BCUT2D eigenvalue weighted by molar-refractivity contribution is 5.88. The van der Waals surface area contributed by atoms with Crippen LogP contribution < -0.4 is 5.63 Å². The van der Waals surface area contributed by atoms with Crippen LogP contribution in [0, 0.1) is 0 Å². The van der Waals surface area contributed by atoms with Gasteiger partial charge in [-0.25, -0.2) is 9.59 Å². The van der Waals surface area contributed by atoms with E-state index in [1.165, 1.54) is 13.2 Å². The Morgan fingerprint density at radius 1 is 1.64 bits per heavy atom. The molecule has 0 saturated carbocycles. The van der Waals surface area contributed by atoms with Gasteiger partial charge in [0.25, 0.3) is 0 Å². The molecule has 11 heavy (non-hydrogen) atoms. The van der Waals surface area contributed by atoms with E-state index in [4.69, 9.17) is 0 Å². The van der Waals surface area contributed by atoms with E-state index in [2.05, 4.69) is 9.15 Å². The van der Waals surface area contributed by atoms with Crippen molar-refractivity contribution in [3.63, 3.8) is 0 Å². The van der Waals surface area contributed by atoms with Gasteiger partial charge in [0.05, 0.1) is 18.9 Å². The summed E-state index contributed by atoms with van der Waals surface area (Å²) in [7, 11) is 1.25. The van der Waals surface area contributed by atoms with E-state index in [0.29, 0.717) is 0 Å². The Morgan fingerprint density at radius 3 is 2.91 bits per heavy atom. The van der Waals surface area contributed by atoms with Crippen LogP contribution in [0.1, 0.15) is 10.4 Å². The normalized spacial score (nSPS) is 9.18. The van der Waals surface area contributed by atoms with Crippen LogP contribution in [0.5, 0.6) is 0 Å². The third kappa shape index (κ3) is 1.67. The van der Waals surface area contributed by atoms with Gasteiger partial charge < -0.3 is 9.15 Å². The maximum Gasteiger partial charge on any atom is 0.338 e. The summed E-state index contributed by atoms with van der Waals surface area (Å²) in [5.74, 6) is -0.544. The average Bonchev–Trinajstić information content (AvgIpc) is 2.03. The number of ether oxygens (including phenoxy) is 1. The number of hydrogen-bond acceptors (Lipinski definition) is 4. The second-order valence-corrected chi connectivity index (χ2v) is 1.83. The Hall–Kier alpha value is -1.58. The van der Waals surface area contributed by atoms with Crippen molar-refractivity contribution in [1.29, 1.82) is 0 Å². The van der Waals surface area contributed by atoms with Crippen LogP contribution in [-0.2, 0) is 4.74 Å². The topological polar surface area (TPSA) is 56.5 Å². The van der Waals surface area contributed by atoms with Gasteiger partial charge in [0, 0.05) is 6.07 Å². The first-order valence-electron chi connectivity index (χ1n) is 2.91. The Morgan fingerprint density at radius 2 is 2.36 bits per heavy atom. The highest BCUT2D eigenvalue weighted by atomic mass is 16.5. The van der Waals surface area contributed by atoms with Crippen molar-refractivity contribution < 1.29 is 13.9 Å². The average molecular weight is 154 g/mol. The predicted molar refractivity (Wildman–Crippen MR) is 36.3 cm³/mol. The van der Waals surface area contributed by atoms with Crippen LogP contribution in [0.4, 0.5) is 0 Å². The zero-order valence-corrected chi connectivity index (χ0v) is 5.87. The summed E-state index contributed by atoms with van der Waals surface area (Å²) < 4.78 is 8.77. The molecular weight excluding hydrogens is 148 g/mol. The highest BCUT2D eigenvalue weighted by Crippen LogP contribution is 1.95. The lowest BCUT2D eigenvalue weighted by Gasteiger charge is -1.94. The summed E-state index contributed by atoms with van der Waals surface area (Å²) in [6.45, 7) is 0. The maximum absolute atomic E-state index is 10.8.